The predicted octanol–water partition coefficient (Wildman–Crippen LogP) is 5.05. The lowest BCUT2D eigenvalue weighted by atomic mass is 9.93. The Labute approximate surface area is 156 Å². The highest BCUT2D eigenvalue weighted by Crippen LogP contribution is 2.25. The summed E-state index contributed by atoms with van der Waals surface area (Å²) >= 11 is 0. The van der Waals surface area contributed by atoms with E-state index in [9.17, 15) is 4.79 Å². The zero-order valence-corrected chi connectivity index (χ0v) is 15.4. The van der Waals surface area contributed by atoms with Crippen molar-refractivity contribution in [2.75, 3.05) is 19.7 Å². The maximum absolute atomic E-state index is 11.6. The van der Waals surface area contributed by atoms with Crippen LogP contribution in [0.25, 0.3) is 0 Å². The molecule has 1 unspecified atom stereocenters. The van der Waals surface area contributed by atoms with Gasteiger partial charge in [0, 0.05) is 31.0 Å². The minimum absolute atomic E-state index is 0.169. The Balaban J connectivity index is 1.38. The van der Waals surface area contributed by atoms with Crippen molar-refractivity contribution in [1.82, 2.24) is 4.90 Å². The second-order valence-corrected chi connectivity index (χ2v) is 6.69. The van der Waals surface area contributed by atoms with Gasteiger partial charge in [0.1, 0.15) is 5.75 Å². The molecule has 3 nitrogen and oxygen atoms in total. The molecule has 0 saturated carbocycles. The lowest BCUT2D eigenvalue weighted by Gasteiger charge is -2.28. The Morgan fingerprint density at radius 3 is 2.54 bits per heavy atom. The lowest BCUT2D eigenvalue weighted by Crippen LogP contribution is -2.26. The van der Waals surface area contributed by atoms with Crippen LogP contribution in [-0.4, -0.2) is 30.4 Å². The summed E-state index contributed by atoms with van der Waals surface area (Å²) in [6, 6.07) is 18.2. The number of Topliss-reactive ketones (excluding diaryl/α,β-unsaturated/α-hetero) is 1. The molecule has 0 saturated heterocycles. The highest BCUT2D eigenvalue weighted by atomic mass is 16.5. The molecule has 1 aliphatic heterocycles. The minimum Gasteiger partial charge on any atom is -0.494 e. The number of ether oxygens (including phenoxy) is 1. The van der Waals surface area contributed by atoms with E-state index in [0.717, 1.165) is 37.2 Å². The van der Waals surface area contributed by atoms with Gasteiger partial charge in [-0.15, -0.1) is 0 Å². The van der Waals surface area contributed by atoms with E-state index in [2.05, 4.69) is 47.5 Å². The average molecular weight is 349 g/mol. The molecule has 2 aromatic rings. The van der Waals surface area contributed by atoms with Crippen molar-refractivity contribution in [3.05, 3.63) is 78.0 Å². The zero-order valence-electron chi connectivity index (χ0n) is 15.4. The van der Waals surface area contributed by atoms with Crippen LogP contribution < -0.4 is 4.74 Å². The fourth-order valence-electron chi connectivity index (χ4n) is 3.26. The monoisotopic (exact) mass is 349 g/mol. The van der Waals surface area contributed by atoms with Gasteiger partial charge in [0.25, 0.3) is 0 Å². The second kappa shape index (κ2) is 9.23. The number of allylic oxidation sites excluding steroid dienone is 1. The highest BCUT2D eigenvalue weighted by Gasteiger charge is 2.14. The minimum atomic E-state index is 0.169. The van der Waals surface area contributed by atoms with Crippen molar-refractivity contribution in [3.63, 3.8) is 0 Å². The van der Waals surface area contributed by atoms with Gasteiger partial charge in [0.15, 0.2) is 5.78 Å². The molecule has 136 valence electrons. The lowest BCUT2D eigenvalue weighted by molar-refractivity contribution is 0.0988. The third-order valence-corrected chi connectivity index (χ3v) is 4.84. The second-order valence-electron chi connectivity index (χ2n) is 6.69. The number of benzene rings is 2. The highest BCUT2D eigenvalue weighted by molar-refractivity contribution is 5.95. The third-order valence-electron chi connectivity index (χ3n) is 4.84. The molecule has 2 aromatic carbocycles. The molecule has 0 amide bonds. The zero-order chi connectivity index (χ0) is 18.2. The first-order valence-corrected chi connectivity index (χ1v) is 9.49. The van der Waals surface area contributed by atoms with E-state index in [-0.39, 0.29) is 5.78 Å². The number of hydrogen-bond donors (Lipinski definition) is 0. The Morgan fingerprint density at radius 2 is 1.88 bits per heavy atom. The van der Waals surface area contributed by atoms with Gasteiger partial charge in [-0.2, -0.15) is 0 Å². The van der Waals surface area contributed by atoms with Crippen molar-refractivity contribution >= 4 is 5.78 Å². The normalized spacial score (nSPS) is 16.5. The number of carbonyl (C=O) groups excluding carboxylic acids is 1. The van der Waals surface area contributed by atoms with Crippen molar-refractivity contribution in [2.45, 2.75) is 32.1 Å². The first-order valence-electron chi connectivity index (χ1n) is 9.49. The molecule has 0 radical (unpaired) electrons. The number of ketones is 1. The van der Waals surface area contributed by atoms with E-state index in [0.29, 0.717) is 18.9 Å². The van der Waals surface area contributed by atoms with Crippen molar-refractivity contribution in [2.24, 2.45) is 0 Å². The molecular formula is C23H27NO2. The van der Waals surface area contributed by atoms with Crippen LogP contribution in [0.1, 0.15) is 48.0 Å². The van der Waals surface area contributed by atoms with E-state index in [1.54, 1.807) is 0 Å². The molecule has 3 rings (SSSR count). The SMILES string of the molecule is CCC(=O)c1ccc(OCCCN2C=CC(c3ccccc3)CC2)cc1. The van der Waals surface area contributed by atoms with Gasteiger partial charge in [-0.1, -0.05) is 43.3 Å². The molecule has 26 heavy (non-hydrogen) atoms. The maximum Gasteiger partial charge on any atom is 0.162 e. The molecule has 0 fully saturated rings. The van der Waals surface area contributed by atoms with E-state index in [4.69, 9.17) is 4.74 Å². The summed E-state index contributed by atoms with van der Waals surface area (Å²) < 4.78 is 5.79. The van der Waals surface area contributed by atoms with Crippen molar-refractivity contribution < 1.29 is 9.53 Å². The quantitative estimate of drug-likeness (QED) is 0.493. The third kappa shape index (κ3) is 4.98. The van der Waals surface area contributed by atoms with Crippen LogP contribution in [0.5, 0.6) is 5.75 Å². The maximum atomic E-state index is 11.6. The van der Waals surface area contributed by atoms with Gasteiger partial charge in [0.05, 0.1) is 6.61 Å². The van der Waals surface area contributed by atoms with Crippen LogP contribution in [0.2, 0.25) is 0 Å². The number of hydrogen-bond acceptors (Lipinski definition) is 3. The van der Waals surface area contributed by atoms with E-state index < -0.39 is 0 Å². The van der Waals surface area contributed by atoms with Gasteiger partial charge in [-0.25, -0.2) is 0 Å². The summed E-state index contributed by atoms with van der Waals surface area (Å²) in [5, 5.41) is 0. The topological polar surface area (TPSA) is 29.5 Å². The average Bonchev–Trinajstić information content (AvgIpc) is 2.72. The van der Waals surface area contributed by atoms with Crippen LogP contribution in [0.15, 0.2) is 66.9 Å². The number of carbonyl (C=O) groups is 1. The molecule has 0 spiro atoms. The standard InChI is InChI=1S/C23H27NO2/c1-2-23(25)21-9-11-22(12-10-21)26-18-6-15-24-16-13-20(14-17-24)19-7-4-3-5-8-19/h3-5,7-13,16,20H,2,6,14-15,17-18H2,1H3. The Kier molecular flexibility index (Phi) is 6.48. The van der Waals surface area contributed by atoms with E-state index in [1.807, 2.05) is 31.2 Å². The first-order chi connectivity index (χ1) is 12.8. The van der Waals surface area contributed by atoms with E-state index >= 15 is 0 Å². The number of rotatable bonds is 8. The van der Waals surface area contributed by atoms with Crippen LogP contribution in [-0.2, 0) is 0 Å². The Bertz CT molecular complexity index is 722. The molecule has 3 heteroatoms. The molecule has 0 aromatic heterocycles. The van der Waals surface area contributed by atoms with Gasteiger partial charge < -0.3 is 9.64 Å². The van der Waals surface area contributed by atoms with Crippen LogP contribution >= 0.6 is 0 Å². The molecule has 1 aliphatic rings. The summed E-state index contributed by atoms with van der Waals surface area (Å²) in [4.78, 5) is 14.0. The fraction of sp³-hybridized carbons (Fsp3) is 0.348. The number of nitrogens with zero attached hydrogens (tertiary/aromatic N) is 1. The van der Waals surface area contributed by atoms with Gasteiger partial charge in [-0.3, -0.25) is 4.79 Å². The molecule has 1 heterocycles. The van der Waals surface area contributed by atoms with Gasteiger partial charge in [0.2, 0.25) is 0 Å². The van der Waals surface area contributed by atoms with Crippen molar-refractivity contribution in [1.29, 1.82) is 0 Å². The summed E-state index contributed by atoms with van der Waals surface area (Å²) in [5.41, 5.74) is 2.16. The molecule has 1 atom stereocenters. The summed E-state index contributed by atoms with van der Waals surface area (Å²) in [6.07, 6.45) is 7.22. The smallest absolute Gasteiger partial charge is 0.162 e. The van der Waals surface area contributed by atoms with Crippen LogP contribution in [0.4, 0.5) is 0 Å². The Hall–Kier alpha value is -2.55. The van der Waals surface area contributed by atoms with Crippen LogP contribution in [0, 0.1) is 0 Å². The molecule has 0 aliphatic carbocycles. The largest absolute Gasteiger partial charge is 0.494 e. The van der Waals surface area contributed by atoms with Crippen molar-refractivity contribution in [3.8, 4) is 5.75 Å². The van der Waals surface area contributed by atoms with Crippen LogP contribution in [0.3, 0.4) is 0 Å². The molecule has 0 N–H and O–H groups in total. The van der Waals surface area contributed by atoms with Gasteiger partial charge in [-0.05, 0) is 48.9 Å². The van der Waals surface area contributed by atoms with E-state index in [1.165, 1.54) is 5.56 Å². The summed E-state index contributed by atoms with van der Waals surface area (Å²) in [6.45, 7) is 4.66. The summed E-state index contributed by atoms with van der Waals surface area (Å²) in [7, 11) is 0. The molecular weight excluding hydrogens is 322 g/mol. The fourth-order valence-corrected chi connectivity index (χ4v) is 3.26. The predicted molar refractivity (Wildman–Crippen MR) is 106 cm³/mol. The van der Waals surface area contributed by atoms with Gasteiger partial charge >= 0.3 is 0 Å². The molecule has 0 bridgehead atoms. The first kappa shape index (κ1) is 18.2. The Morgan fingerprint density at radius 1 is 1.12 bits per heavy atom. The summed E-state index contributed by atoms with van der Waals surface area (Å²) in [5.74, 6) is 1.53.